The molecule has 1 aromatic carbocycles. The third-order valence-electron chi connectivity index (χ3n) is 3.46. The summed E-state index contributed by atoms with van der Waals surface area (Å²) in [6, 6.07) is 7.28. The van der Waals surface area contributed by atoms with Crippen LogP contribution in [0, 0.1) is 3.57 Å². The summed E-state index contributed by atoms with van der Waals surface area (Å²) in [4.78, 5) is 0. The molecule has 4 heteroatoms. The molecule has 0 aliphatic carbocycles. The molecular weight excluding hydrogens is 325 g/mol. The fraction of sp³-hybridized carbons (Fsp3) is 0.538. The molecule has 0 aromatic heterocycles. The van der Waals surface area contributed by atoms with Crippen LogP contribution in [0.25, 0.3) is 0 Å². The fourth-order valence-corrected chi connectivity index (χ4v) is 2.93. The van der Waals surface area contributed by atoms with Crippen molar-refractivity contribution in [3.63, 3.8) is 0 Å². The lowest BCUT2D eigenvalue weighted by molar-refractivity contribution is 0.136. The lowest BCUT2D eigenvalue weighted by Gasteiger charge is -2.39. The van der Waals surface area contributed by atoms with Gasteiger partial charge in [0.2, 0.25) is 0 Å². The number of hydrogen-bond donors (Lipinski definition) is 2. The summed E-state index contributed by atoms with van der Waals surface area (Å²) in [6.07, 6.45) is 3.83. The van der Waals surface area contributed by atoms with Crippen molar-refractivity contribution in [1.29, 1.82) is 0 Å². The molecule has 0 saturated carbocycles. The third-order valence-corrected chi connectivity index (χ3v) is 4.13. The van der Waals surface area contributed by atoms with Gasteiger partial charge in [-0.1, -0.05) is 6.42 Å². The summed E-state index contributed by atoms with van der Waals surface area (Å²) < 4.78 is 1.17. The molecule has 1 saturated heterocycles. The molecule has 3 N–H and O–H groups in total. The number of piperidine rings is 1. The summed E-state index contributed by atoms with van der Waals surface area (Å²) >= 11 is 2.28. The highest BCUT2D eigenvalue weighted by Crippen LogP contribution is 2.27. The van der Waals surface area contributed by atoms with Crippen LogP contribution in [0.5, 0.6) is 0 Å². The number of nitrogens with one attached hydrogen (secondary N) is 1. The standard InChI is InChI=1S/C13H20IN3/c1-9-4-3-5-10(2)17(9)16-13-7-6-11(14)8-12(13)15/h6-10,16H,3-5,15H2,1-2H3. The molecule has 0 radical (unpaired) electrons. The monoisotopic (exact) mass is 345 g/mol. The van der Waals surface area contributed by atoms with Gasteiger partial charge >= 0.3 is 0 Å². The predicted molar refractivity (Wildman–Crippen MR) is 81.8 cm³/mol. The van der Waals surface area contributed by atoms with E-state index >= 15 is 0 Å². The number of anilines is 2. The van der Waals surface area contributed by atoms with Crippen molar-refractivity contribution in [2.24, 2.45) is 0 Å². The van der Waals surface area contributed by atoms with Crippen LogP contribution in [0.2, 0.25) is 0 Å². The van der Waals surface area contributed by atoms with Gasteiger partial charge in [-0.25, -0.2) is 5.01 Å². The zero-order valence-electron chi connectivity index (χ0n) is 10.4. The van der Waals surface area contributed by atoms with Gasteiger partial charge in [0.1, 0.15) is 0 Å². The molecule has 1 heterocycles. The van der Waals surface area contributed by atoms with Gasteiger partial charge in [-0.3, -0.25) is 0 Å². The summed E-state index contributed by atoms with van der Waals surface area (Å²) in [5.74, 6) is 0. The van der Waals surface area contributed by atoms with E-state index in [0.717, 1.165) is 11.4 Å². The maximum atomic E-state index is 6.04. The molecule has 1 aromatic rings. The van der Waals surface area contributed by atoms with Crippen molar-refractivity contribution in [3.05, 3.63) is 21.8 Å². The zero-order valence-corrected chi connectivity index (χ0v) is 12.6. The third kappa shape index (κ3) is 3.04. The maximum absolute atomic E-state index is 6.04. The van der Waals surface area contributed by atoms with Crippen LogP contribution in [-0.4, -0.2) is 17.1 Å². The zero-order chi connectivity index (χ0) is 12.4. The van der Waals surface area contributed by atoms with Crippen molar-refractivity contribution in [3.8, 4) is 0 Å². The van der Waals surface area contributed by atoms with E-state index in [9.17, 15) is 0 Å². The number of benzene rings is 1. The van der Waals surface area contributed by atoms with E-state index in [-0.39, 0.29) is 0 Å². The average Bonchev–Trinajstić information content (AvgIpc) is 2.26. The molecule has 1 aliphatic rings. The normalized spacial score (nSPS) is 25.8. The number of nitrogens with two attached hydrogens (primary N) is 1. The second kappa shape index (κ2) is 5.44. The van der Waals surface area contributed by atoms with Crippen molar-refractivity contribution in [1.82, 2.24) is 5.01 Å². The quantitative estimate of drug-likeness (QED) is 0.637. The highest BCUT2D eigenvalue weighted by atomic mass is 127. The molecule has 94 valence electrons. The second-order valence-corrected chi connectivity index (χ2v) is 6.13. The Morgan fingerprint density at radius 2 is 1.94 bits per heavy atom. The molecule has 3 nitrogen and oxygen atoms in total. The molecule has 1 fully saturated rings. The Morgan fingerprint density at radius 1 is 1.29 bits per heavy atom. The highest BCUT2D eigenvalue weighted by Gasteiger charge is 2.24. The van der Waals surface area contributed by atoms with E-state index in [4.69, 9.17) is 5.73 Å². The second-order valence-electron chi connectivity index (χ2n) is 4.88. The molecule has 2 atom stereocenters. The lowest BCUT2D eigenvalue weighted by Crippen LogP contribution is -2.47. The van der Waals surface area contributed by atoms with Gasteiger partial charge in [-0.15, -0.1) is 0 Å². The Balaban J connectivity index is 2.13. The molecular formula is C13H20IN3. The minimum absolute atomic E-state index is 0.567. The van der Waals surface area contributed by atoms with E-state index in [0.29, 0.717) is 12.1 Å². The Bertz CT molecular complexity index is 384. The fourth-order valence-electron chi connectivity index (χ4n) is 2.42. The smallest absolute Gasteiger partial charge is 0.0720 e. The number of nitrogens with zero attached hydrogens (tertiary/aromatic N) is 1. The number of nitrogen functional groups attached to an aromatic ring is 1. The van der Waals surface area contributed by atoms with Gasteiger partial charge in [0.05, 0.1) is 11.4 Å². The molecule has 0 spiro atoms. The number of halogens is 1. The van der Waals surface area contributed by atoms with Crippen LogP contribution in [0.15, 0.2) is 18.2 Å². The van der Waals surface area contributed by atoms with Gasteiger partial charge in [-0.05, 0) is 67.5 Å². The van der Waals surface area contributed by atoms with Crippen LogP contribution in [0.1, 0.15) is 33.1 Å². The van der Waals surface area contributed by atoms with Crippen molar-refractivity contribution in [2.45, 2.75) is 45.2 Å². The first kappa shape index (κ1) is 13.0. The van der Waals surface area contributed by atoms with E-state index in [1.54, 1.807) is 0 Å². The van der Waals surface area contributed by atoms with Crippen LogP contribution in [0.3, 0.4) is 0 Å². The Kier molecular flexibility index (Phi) is 4.14. The van der Waals surface area contributed by atoms with Crippen LogP contribution in [-0.2, 0) is 0 Å². The van der Waals surface area contributed by atoms with Gasteiger partial charge in [0, 0.05) is 15.7 Å². The Morgan fingerprint density at radius 3 is 2.53 bits per heavy atom. The van der Waals surface area contributed by atoms with E-state index in [1.807, 2.05) is 6.07 Å². The van der Waals surface area contributed by atoms with E-state index in [1.165, 1.54) is 22.8 Å². The predicted octanol–water partition coefficient (Wildman–Crippen LogP) is 3.46. The SMILES string of the molecule is CC1CCCC(C)N1Nc1ccc(I)cc1N. The summed E-state index contributed by atoms with van der Waals surface area (Å²) in [6.45, 7) is 4.54. The number of hydrogen-bond acceptors (Lipinski definition) is 3. The van der Waals surface area contributed by atoms with Crippen LogP contribution in [0.4, 0.5) is 11.4 Å². The largest absolute Gasteiger partial charge is 0.397 e. The molecule has 0 bridgehead atoms. The molecule has 2 rings (SSSR count). The van der Waals surface area contributed by atoms with Gasteiger partial charge < -0.3 is 11.2 Å². The highest BCUT2D eigenvalue weighted by molar-refractivity contribution is 14.1. The number of rotatable bonds is 2. The molecule has 2 unspecified atom stereocenters. The van der Waals surface area contributed by atoms with Crippen molar-refractivity contribution in [2.75, 3.05) is 11.2 Å². The topological polar surface area (TPSA) is 41.3 Å². The van der Waals surface area contributed by atoms with Gasteiger partial charge in [0.15, 0.2) is 0 Å². The first-order chi connectivity index (χ1) is 8.08. The Labute approximate surface area is 117 Å². The van der Waals surface area contributed by atoms with Gasteiger partial charge in [0.25, 0.3) is 0 Å². The Hall–Kier alpha value is -0.490. The summed E-state index contributed by atoms with van der Waals surface area (Å²) in [5.41, 5.74) is 11.4. The molecule has 0 amide bonds. The van der Waals surface area contributed by atoms with Crippen LogP contribution >= 0.6 is 22.6 Å². The maximum Gasteiger partial charge on any atom is 0.0720 e. The number of hydrazine groups is 1. The first-order valence-corrected chi connectivity index (χ1v) is 7.26. The van der Waals surface area contributed by atoms with E-state index in [2.05, 4.69) is 59.0 Å². The summed E-state index contributed by atoms with van der Waals surface area (Å²) in [7, 11) is 0. The lowest BCUT2D eigenvalue weighted by atomic mass is 10.00. The summed E-state index contributed by atoms with van der Waals surface area (Å²) in [5, 5.41) is 2.34. The average molecular weight is 345 g/mol. The molecule has 17 heavy (non-hydrogen) atoms. The van der Waals surface area contributed by atoms with Crippen LogP contribution < -0.4 is 11.2 Å². The first-order valence-electron chi connectivity index (χ1n) is 6.18. The molecule has 1 aliphatic heterocycles. The van der Waals surface area contributed by atoms with Gasteiger partial charge in [-0.2, -0.15) is 0 Å². The van der Waals surface area contributed by atoms with Crippen molar-refractivity contribution < 1.29 is 0 Å². The van der Waals surface area contributed by atoms with E-state index < -0.39 is 0 Å². The van der Waals surface area contributed by atoms with Crippen molar-refractivity contribution >= 4 is 34.0 Å². The minimum atomic E-state index is 0.567. The minimum Gasteiger partial charge on any atom is -0.397 e.